The first-order chi connectivity index (χ1) is 18.1. The summed E-state index contributed by atoms with van der Waals surface area (Å²) in [6.45, 7) is 6.48. The van der Waals surface area contributed by atoms with E-state index in [4.69, 9.17) is 9.40 Å². The van der Waals surface area contributed by atoms with Crippen molar-refractivity contribution in [2.75, 3.05) is 0 Å². The van der Waals surface area contributed by atoms with Crippen LogP contribution in [-0.2, 0) is 0 Å². The van der Waals surface area contributed by atoms with E-state index in [1.165, 1.54) is 53.6 Å². The second-order valence-electron chi connectivity index (χ2n) is 9.80. The smallest absolute Gasteiger partial charge is 0.227 e. The molecule has 178 valence electrons. The van der Waals surface area contributed by atoms with Crippen LogP contribution in [0.25, 0.3) is 65.0 Å². The summed E-state index contributed by atoms with van der Waals surface area (Å²) in [6.07, 6.45) is 0. The van der Waals surface area contributed by atoms with Crippen molar-refractivity contribution < 1.29 is 4.42 Å². The first kappa shape index (κ1) is 22.0. The van der Waals surface area contributed by atoms with Gasteiger partial charge in [0.1, 0.15) is 5.52 Å². The van der Waals surface area contributed by atoms with E-state index in [0.29, 0.717) is 5.89 Å². The van der Waals surface area contributed by atoms with Gasteiger partial charge >= 0.3 is 0 Å². The number of hydrogen-bond acceptors (Lipinski definition) is 3. The van der Waals surface area contributed by atoms with E-state index >= 15 is 0 Å². The van der Waals surface area contributed by atoms with Crippen molar-refractivity contribution in [1.29, 1.82) is 0 Å². The van der Waals surface area contributed by atoms with Gasteiger partial charge in [0.15, 0.2) is 5.58 Å². The molecule has 0 radical (unpaired) electrons. The van der Waals surface area contributed by atoms with Crippen LogP contribution in [0, 0.1) is 20.8 Å². The number of rotatable bonds is 3. The van der Waals surface area contributed by atoms with Crippen molar-refractivity contribution in [3.63, 3.8) is 0 Å². The lowest BCUT2D eigenvalue weighted by atomic mass is 9.93. The summed E-state index contributed by atoms with van der Waals surface area (Å²) in [7, 11) is 0. The van der Waals surface area contributed by atoms with Gasteiger partial charge in [0, 0.05) is 31.3 Å². The van der Waals surface area contributed by atoms with Gasteiger partial charge in [-0.2, -0.15) is 0 Å². The first-order valence-electron chi connectivity index (χ1n) is 12.6. The minimum atomic E-state index is 0.650. The molecule has 7 rings (SSSR count). The minimum Gasteiger partial charge on any atom is -0.435 e. The molecule has 2 nitrogen and oxygen atoms in total. The average molecular weight is 496 g/mol. The average Bonchev–Trinajstić information content (AvgIpc) is 3.50. The third-order valence-electron chi connectivity index (χ3n) is 7.21. The lowest BCUT2D eigenvalue weighted by molar-refractivity contribution is 0.620. The summed E-state index contributed by atoms with van der Waals surface area (Å²) >= 11 is 1.86. The Bertz CT molecular complexity index is 1930. The van der Waals surface area contributed by atoms with Crippen LogP contribution in [0.1, 0.15) is 16.7 Å². The zero-order chi connectivity index (χ0) is 25.1. The Labute approximate surface area is 219 Å². The monoisotopic (exact) mass is 495 g/mol. The summed E-state index contributed by atoms with van der Waals surface area (Å²) in [6, 6.07) is 34.5. The fourth-order valence-electron chi connectivity index (χ4n) is 5.64. The normalized spacial score (nSPS) is 11.6. The highest BCUT2D eigenvalue weighted by molar-refractivity contribution is 7.26. The third-order valence-corrected chi connectivity index (χ3v) is 8.43. The van der Waals surface area contributed by atoms with Crippen molar-refractivity contribution >= 4 is 42.6 Å². The molecule has 0 atom stereocenters. The highest BCUT2D eigenvalue weighted by Gasteiger charge is 2.16. The highest BCUT2D eigenvalue weighted by atomic mass is 32.1. The van der Waals surface area contributed by atoms with Gasteiger partial charge in [-0.05, 0) is 72.9 Å². The van der Waals surface area contributed by atoms with Crippen LogP contribution in [0.15, 0.2) is 101 Å². The molecule has 2 aromatic heterocycles. The molecule has 0 saturated heterocycles. The molecular formula is C34H25NOS. The Morgan fingerprint density at radius 3 is 2.14 bits per heavy atom. The van der Waals surface area contributed by atoms with E-state index in [0.717, 1.165) is 22.2 Å². The summed E-state index contributed by atoms with van der Waals surface area (Å²) in [4.78, 5) is 4.86. The van der Waals surface area contributed by atoms with Gasteiger partial charge in [0.05, 0.1) is 0 Å². The van der Waals surface area contributed by atoms with Crippen LogP contribution in [-0.4, -0.2) is 4.98 Å². The predicted octanol–water partition coefficient (Wildman–Crippen LogP) is 10.1. The molecule has 0 amide bonds. The zero-order valence-corrected chi connectivity index (χ0v) is 21.8. The van der Waals surface area contributed by atoms with Crippen LogP contribution in [0.4, 0.5) is 0 Å². The van der Waals surface area contributed by atoms with Crippen molar-refractivity contribution in [2.45, 2.75) is 20.8 Å². The summed E-state index contributed by atoms with van der Waals surface area (Å²) in [5.74, 6) is 0.650. The fourth-order valence-corrected chi connectivity index (χ4v) is 6.88. The van der Waals surface area contributed by atoms with Crippen molar-refractivity contribution in [1.82, 2.24) is 4.98 Å². The van der Waals surface area contributed by atoms with E-state index in [2.05, 4.69) is 112 Å². The number of benzene rings is 5. The molecule has 0 aliphatic carbocycles. The van der Waals surface area contributed by atoms with Crippen LogP contribution >= 0.6 is 11.3 Å². The van der Waals surface area contributed by atoms with Crippen molar-refractivity contribution in [2.24, 2.45) is 0 Å². The van der Waals surface area contributed by atoms with E-state index in [9.17, 15) is 0 Å². The molecule has 0 aliphatic rings. The van der Waals surface area contributed by atoms with Gasteiger partial charge in [0.25, 0.3) is 0 Å². The number of fused-ring (bicyclic) bond motifs is 4. The maximum atomic E-state index is 6.43. The Morgan fingerprint density at radius 2 is 1.32 bits per heavy atom. The predicted molar refractivity (Wildman–Crippen MR) is 157 cm³/mol. The Hall–Kier alpha value is -4.21. The minimum absolute atomic E-state index is 0.650. The SMILES string of the molecule is Cc1cc(C)c(-c2cccc3nc(-c4ccc(-c5cccc6c5sc5ccccc56)cc4)oc23)c(C)c1. The van der Waals surface area contributed by atoms with Crippen LogP contribution < -0.4 is 0 Å². The molecule has 3 heteroatoms. The molecule has 0 fully saturated rings. The van der Waals surface area contributed by atoms with E-state index in [1.54, 1.807) is 0 Å². The largest absolute Gasteiger partial charge is 0.435 e. The molecule has 0 spiro atoms. The maximum absolute atomic E-state index is 6.43. The number of aryl methyl sites for hydroxylation is 3. The Balaban J connectivity index is 1.31. The molecule has 0 unspecified atom stereocenters. The quantitative estimate of drug-likeness (QED) is 0.244. The molecular weight excluding hydrogens is 470 g/mol. The first-order valence-corrected chi connectivity index (χ1v) is 13.4. The summed E-state index contributed by atoms with van der Waals surface area (Å²) in [5, 5.41) is 2.64. The number of hydrogen-bond donors (Lipinski definition) is 0. The Morgan fingerprint density at radius 1 is 0.649 bits per heavy atom. The molecule has 2 heterocycles. The molecule has 0 aliphatic heterocycles. The Kier molecular flexibility index (Phi) is 5.02. The number of thiophene rings is 1. The van der Waals surface area contributed by atoms with Gasteiger partial charge in [-0.1, -0.05) is 78.4 Å². The molecule has 0 saturated carbocycles. The molecule has 0 N–H and O–H groups in total. The van der Waals surface area contributed by atoms with Gasteiger partial charge in [-0.25, -0.2) is 4.98 Å². The fraction of sp³-hybridized carbons (Fsp3) is 0.0882. The summed E-state index contributed by atoms with van der Waals surface area (Å²) < 4.78 is 9.07. The second kappa shape index (κ2) is 8.43. The zero-order valence-electron chi connectivity index (χ0n) is 21.0. The number of para-hydroxylation sites is 1. The van der Waals surface area contributed by atoms with Gasteiger partial charge < -0.3 is 4.42 Å². The maximum Gasteiger partial charge on any atom is 0.227 e. The number of nitrogens with zero attached hydrogens (tertiary/aromatic N) is 1. The lowest BCUT2D eigenvalue weighted by Crippen LogP contribution is -1.90. The second-order valence-corrected chi connectivity index (χ2v) is 10.9. The van der Waals surface area contributed by atoms with E-state index < -0.39 is 0 Å². The van der Waals surface area contributed by atoms with Gasteiger partial charge in [0.2, 0.25) is 5.89 Å². The van der Waals surface area contributed by atoms with E-state index in [-0.39, 0.29) is 0 Å². The number of aromatic nitrogens is 1. The molecule has 7 aromatic rings. The summed E-state index contributed by atoms with van der Waals surface area (Å²) in [5.41, 5.74) is 11.3. The van der Waals surface area contributed by atoms with Crippen LogP contribution in [0.2, 0.25) is 0 Å². The molecule has 0 bridgehead atoms. The third kappa shape index (κ3) is 3.58. The molecule has 5 aromatic carbocycles. The van der Waals surface area contributed by atoms with Crippen LogP contribution in [0.5, 0.6) is 0 Å². The van der Waals surface area contributed by atoms with Crippen molar-refractivity contribution in [3.05, 3.63) is 114 Å². The topological polar surface area (TPSA) is 26.0 Å². The lowest BCUT2D eigenvalue weighted by Gasteiger charge is -2.11. The van der Waals surface area contributed by atoms with E-state index in [1.807, 2.05) is 17.4 Å². The highest BCUT2D eigenvalue weighted by Crippen LogP contribution is 2.41. The number of oxazole rings is 1. The van der Waals surface area contributed by atoms with Gasteiger partial charge in [-0.15, -0.1) is 11.3 Å². The molecule has 37 heavy (non-hydrogen) atoms. The van der Waals surface area contributed by atoms with Gasteiger partial charge in [-0.3, -0.25) is 0 Å². The standard InChI is InChI=1S/C34H25NOS/c1-20-18-21(2)31(22(3)19-20)28-11-7-12-29-32(28)36-34(35-29)24-16-14-23(15-17-24)25-9-6-10-27-26-8-4-5-13-30(26)37-33(25)27/h4-19H,1-3H3. The van der Waals surface area contributed by atoms with Crippen molar-refractivity contribution in [3.8, 4) is 33.7 Å². The van der Waals surface area contributed by atoms with Crippen LogP contribution in [0.3, 0.4) is 0 Å².